The summed E-state index contributed by atoms with van der Waals surface area (Å²) in [6.07, 6.45) is 0.0483. The molecule has 1 unspecified atom stereocenters. The maximum atomic E-state index is 12.4. The molecule has 0 spiro atoms. The Morgan fingerprint density at radius 2 is 1.74 bits per heavy atom. The molecular formula is C16H14Cl2N2O6S. The third-order valence-electron chi connectivity index (χ3n) is 3.67. The molecule has 0 fully saturated rings. The molecule has 0 bridgehead atoms. The Kier molecular flexibility index (Phi) is 6.77. The maximum absolute atomic E-state index is 12.4. The van der Waals surface area contributed by atoms with E-state index in [1.165, 1.54) is 6.07 Å². The van der Waals surface area contributed by atoms with Crippen molar-refractivity contribution >= 4 is 44.9 Å². The van der Waals surface area contributed by atoms with Gasteiger partial charge in [0.05, 0.1) is 10.8 Å². The van der Waals surface area contributed by atoms with Crippen molar-refractivity contribution < 1.29 is 23.2 Å². The molecule has 2 aromatic rings. The topological polar surface area (TPSA) is 127 Å². The lowest BCUT2D eigenvalue weighted by molar-refractivity contribution is -0.387. The zero-order valence-corrected chi connectivity index (χ0v) is 16.0. The summed E-state index contributed by atoms with van der Waals surface area (Å²) in [7, 11) is -4.35. The van der Waals surface area contributed by atoms with Gasteiger partial charge in [-0.25, -0.2) is 13.1 Å². The van der Waals surface area contributed by atoms with E-state index in [9.17, 15) is 28.4 Å². The molecule has 0 aromatic heterocycles. The maximum Gasteiger partial charge on any atom is 0.308 e. The predicted molar refractivity (Wildman–Crippen MR) is 99.6 cm³/mol. The van der Waals surface area contributed by atoms with Crippen LogP contribution in [0.25, 0.3) is 0 Å². The van der Waals surface area contributed by atoms with E-state index < -0.39 is 44.0 Å². The second-order valence-electron chi connectivity index (χ2n) is 5.59. The molecule has 2 N–H and O–H groups in total. The summed E-state index contributed by atoms with van der Waals surface area (Å²) in [5.74, 6) is -2.30. The van der Waals surface area contributed by atoms with Crippen molar-refractivity contribution in [3.63, 3.8) is 0 Å². The van der Waals surface area contributed by atoms with Crippen LogP contribution in [0, 0.1) is 16.0 Å². The number of carbonyl (C=O) groups is 1. The number of hydrogen-bond donors (Lipinski definition) is 2. The monoisotopic (exact) mass is 432 g/mol. The van der Waals surface area contributed by atoms with Gasteiger partial charge in [-0.15, -0.1) is 0 Å². The highest BCUT2D eigenvalue weighted by Gasteiger charge is 2.28. The second-order valence-corrected chi connectivity index (χ2v) is 8.20. The Morgan fingerprint density at radius 1 is 1.15 bits per heavy atom. The van der Waals surface area contributed by atoms with Gasteiger partial charge in [0.15, 0.2) is 4.90 Å². The summed E-state index contributed by atoms with van der Waals surface area (Å²) >= 11 is 11.5. The molecule has 1 atom stereocenters. The van der Waals surface area contributed by atoms with Crippen LogP contribution in [0.5, 0.6) is 0 Å². The quantitative estimate of drug-likeness (QED) is 0.487. The Bertz CT molecular complexity index is 963. The summed E-state index contributed by atoms with van der Waals surface area (Å²) in [6, 6.07) is 9.56. The van der Waals surface area contributed by atoms with E-state index in [0.29, 0.717) is 10.6 Å². The summed E-state index contributed by atoms with van der Waals surface area (Å²) < 4.78 is 27.0. The normalized spacial score (nSPS) is 12.5. The smallest absolute Gasteiger partial charge is 0.308 e. The van der Waals surface area contributed by atoms with Crippen LogP contribution in [0.2, 0.25) is 10.0 Å². The highest BCUT2D eigenvalue weighted by molar-refractivity contribution is 7.89. The number of sulfonamides is 1. The largest absolute Gasteiger partial charge is 0.481 e. The summed E-state index contributed by atoms with van der Waals surface area (Å²) in [4.78, 5) is 21.0. The zero-order valence-electron chi connectivity index (χ0n) is 13.6. The van der Waals surface area contributed by atoms with Gasteiger partial charge in [-0.2, -0.15) is 0 Å². The van der Waals surface area contributed by atoms with Gasteiger partial charge in [0.25, 0.3) is 5.69 Å². The number of nitro benzene ring substituents is 1. The molecular weight excluding hydrogens is 419 g/mol. The average Bonchev–Trinajstić information content (AvgIpc) is 2.59. The number of rotatable bonds is 8. The van der Waals surface area contributed by atoms with Gasteiger partial charge in [0.2, 0.25) is 10.0 Å². The fourth-order valence-electron chi connectivity index (χ4n) is 2.29. The Hall–Kier alpha value is -2.20. The minimum Gasteiger partial charge on any atom is -0.481 e. The van der Waals surface area contributed by atoms with E-state index >= 15 is 0 Å². The van der Waals surface area contributed by atoms with Crippen LogP contribution < -0.4 is 4.72 Å². The number of nitrogens with one attached hydrogen (secondary N) is 1. The molecule has 27 heavy (non-hydrogen) atoms. The van der Waals surface area contributed by atoms with Gasteiger partial charge >= 0.3 is 5.97 Å². The van der Waals surface area contributed by atoms with Crippen LogP contribution in [-0.4, -0.2) is 31.0 Å². The van der Waals surface area contributed by atoms with Crippen LogP contribution in [0.3, 0.4) is 0 Å². The SMILES string of the molecule is O=C(O)C(CNS(=O)(=O)c1cc(Cl)ccc1[N+](=O)[O-])Cc1ccc(Cl)cc1. The Balaban J connectivity index is 2.21. The zero-order chi connectivity index (χ0) is 20.2. The van der Waals surface area contributed by atoms with E-state index in [1.54, 1.807) is 24.3 Å². The molecule has 11 heteroatoms. The van der Waals surface area contributed by atoms with Crippen LogP contribution in [-0.2, 0) is 21.2 Å². The van der Waals surface area contributed by atoms with Crippen molar-refractivity contribution in [3.05, 3.63) is 68.2 Å². The van der Waals surface area contributed by atoms with Gasteiger partial charge in [-0.1, -0.05) is 35.3 Å². The molecule has 0 aliphatic heterocycles. The summed E-state index contributed by atoms with van der Waals surface area (Å²) in [5, 5.41) is 20.9. The standard InChI is InChI=1S/C16H14Cl2N2O6S/c17-12-3-1-10(2-4-12)7-11(16(21)22)9-19-27(25,26)15-8-13(18)5-6-14(15)20(23)24/h1-6,8,11,19H,7,9H2,(H,21,22). The first-order valence-corrected chi connectivity index (χ1v) is 9.75. The first-order chi connectivity index (χ1) is 12.6. The average molecular weight is 433 g/mol. The molecule has 144 valence electrons. The minimum absolute atomic E-state index is 0.00285. The van der Waals surface area contributed by atoms with Crippen molar-refractivity contribution in [3.8, 4) is 0 Å². The van der Waals surface area contributed by atoms with E-state index in [-0.39, 0.29) is 11.4 Å². The second kappa shape index (κ2) is 8.66. The van der Waals surface area contributed by atoms with Crippen LogP contribution >= 0.6 is 23.2 Å². The fraction of sp³-hybridized carbons (Fsp3) is 0.188. The number of nitrogens with zero attached hydrogens (tertiary/aromatic N) is 1. The molecule has 2 rings (SSSR count). The van der Waals surface area contributed by atoms with E-state index in [0.717, 1.165) is 12.1 Å². The number of halogens is 2. The lowest BCUT2D eigenvalue weighted by Crippen LogP contribution is -2.34. The van der Waals surface area contributed by atoms with Crippen molar-refractivity contribution in [2.24, 2.45) is 5.92 Å². The van der Waals surface area contributed by atoms with Gasteiger partial charge in [-0.05, 0) is 36.2 Å². The van der Waals surface area contributed by atoms with Crippen molar-refractivity contribution in [2.75, 3.05) is 6.54 Å². The third-order valence-corrected chi connectivity index (χ3v) is 5.61. The molecule has 0 heterocycles. The lowest BCUT2D eigenvalue weighted by atomic mass is 10.00. The number of carboxylic acid groups (broad SMARTS) is 1. The number of aliphatic carboxylic acids is 1. The van der Waals surface area contributed by atoms with E-state index in [2.05, 4.69) is 4.72 Å². The van der Waals surface area contributed by atoms with E-state index in [4.69, 9.17) is 23.2 Å². The highest BCUT2D eigenvalue weighted by Crippen LogP contribution is 2.27. The number of carboxylic acids is 1. The van der Waals surface area contributed by atoms with Crippen molar-refractivity contribution in [1.29, 1.82) is 0 Å². The Morgan fingerprint density at radius 3 is 2.30 bits per heavy atom. The van der Waals surface area contributed by atoms with Gasteiger partial charge in [0.1, 0.15) is 0 Å². The molecule has 0 radical (unpaired) electrons. The number of nitro groups is 1. The molecule has 0 aliphatic rings. The minimum atomic E-state index is -4.35. The molecule has 0 saturated heterocycles. The molecule has 0 aliphatic carbocycles. The van der Waals surface area contributed by atoms with Crippen LogP contribution in [0.1, 0.15) is 5.56 Å². The summed E-state index contributed by atoms with van der Waals surface area (Å²) in [6.45, 7) is -0.454. The van der Waals surface area contributed by atoms with Crippen LogP contribution in [0.4, 0.5) is 5.69 Å². The van der Waals surface area contributed by atoms with Crippen LogP contribution in [0.15, 0.2) is 47.4 Å². The number of benzene rings is 2. The number of hydrogen-bond acceptors (Lipinski definition) is 5. The van der Waals surface area contributed by atoms with Gasteiger partial charge in [-0.3, -0.25) is 14.9 Å². The molecule has 8 nitrogen and oxygen atoms in total. The Labute approximate surface area is 164 Å². The lowest BCUT2D eigenvalue weighted by Gasteiger charge is -2.14. The third kappa shape index (κ3) is 5.64. The molecule has 2 aromatic carbocycles. The molecule has 0 amide bonds. The van der Waals surface area contributed by atoms with Gasteiger partial charge in [0, 0.05) is 22.7 Å². The summed E-state index contributed by atoms with van der Waals surface area (Å²) in [5.41, 5.74) is -0.00351. The van der Waals surface area contributed by atoms with Gasteiger partial charge < -0.3 is 5.11 Å². The predicted octanol–water partition coefficient (Wildman–Crippen LogP) is 3.12. The van der Waals surface area contributed by atoms with Crippen molar-refractivity contribution in [2.45, 2.75) is 11.3 Å². The van der Waals surface area contributed by atoms with E-state index in [1.807, 2.05) is 0 Å². The molecule has 0 saturated carbocycles. The fourth-order valence-corrected chi connectivity index (χ4v) is 3.93. The first kappa shape index (κ1) is 21.1. The highest BCUT2D eigenvalue weighted by atomic mass is 35.5. The first-order valence-electron chi connectivity index (χ1n) is 7.51. The van der Waals surface area contributed by atoms with Crippen molar-refractivity contribution in [1.82, 2.24) is 4.72 Å².